The molecule has 2 aliphatic rings. The quantitative estimate of drug-likeness (QED) is 0.866. The number of aromatic hydroxyl groups is 1. The van der Waals surface area contributed by atoms with Crippen LogP contribution < -0.4 is 4.74 Å². The number of rotatable bonds is 1. The van der Waals surface area contributed by atoms with Crippen LogP contribution in [0.15, 0.2) is 65.9 Å². The molecule has 0 bridgehead atoms. The summed E-state index contributed by atoms with van der Waals surface area (Å²) < 4.78 is 5.93. The van der Waals surface area contributed by atoms with E-state index in [-0.39, 0.29) is 23.9 Å². The van der Waals surface area contributed by atoms with Crippen LogP contribution in [-0.4, -0.2) is 10.9 Å². The lowest BCUT2D eigenvalue weighted by atomic mass is 9.78. The molecule has 114 valence electrons. The minimum absolute atomic E-state index is 0.0138. The summed E-state index contributed by atoms with van der Waals surface area (Å²) in [6, 6.07) is 13.4. The highest BCUT2D eigenvalue weighted by Crippen LogP contribution is 2.47. The van der Waals surface area contributed by atoms with Crippen LogP contribution in [0, 0.1) is 6.92 Å². The van der Waals surface area contributed by atoms with Gasteiger partial charge in [0.25, 0.3) is 0 Å². The highest BCUT2D eigenvalue weighted by Gasteiger charge is 2.32. The van der Waals surface area contributed by atoms with Gasteiger partial charge in [0.2, 0.25) is 0 Å². The van der Waals surface area contributed by atoms with Gasteiger partial charge in [-0.05, 0) is 30.2 Å². The Bertz CT molecular complexity index is 874. The summed E-state index contributed by atoms with van der Waals surface area (Å²) in [5, 5.41) is 9.77. The van der Waals surface area contributed by atoms with Crippen molar-refractivity contribution in [1.82, 2.24) is 0 Å². The fraction of sp³-hybridized carbons (Fsp3) is 0.150. The van der Waals surface area contributed by atoms with Gasteiger partial charge in [0.1, 0.15) is 17.3 Å². The summed E-state index contributed by atoms with van der Waals surface area (Å²) in [7, 11) is 0. The highest BCUT2D eigenvalue weighted by molar-refractivity contribution is 5.93. The van der Waals surface area contributed by atoms with Gasteiger partial charge in [-0.15, -0.1) is 0 Å². The number of carbonyl (C=O) groups excluding carboxylic acids is 1. The molecule has 0 aromatic heterocycles. The van der Waals surface area contributed by atoms with Gasteiger partial charge < -0.3 is 9.84 Å². The minimum atomic E-state index is 0.0138. The maximum atomic E-state index is 11.8. The third kappa shape index (κ3) is 2.25. The molecule has 0 amide bonds. The van der Waals surface area contributed by atoms with Gasteiger partial charge in [0.15, 0.2) is 5.78 Å². The topological polar surface area (TPSA) is 46.5 Å². The molecule has 1 N–H and O–H groups in total. The van der Waals surface area contributed by atoms with Crippen LogP contribution in [0.25, 0.3) is 0 Å². The van der Waals surface area contributed by atoms with Crippen molar-refractivity contribution in [1.29, 1.82) is 0 Å². The molecule has 3 nitrogen and oxygen atoms in total. The molecule has 0 fully saturated rings. The number of carbonyl (C=O) groups is 1. The molecule has 2 aromatic rings. The summed E-state index contributed by atoms with van der Waals surface area (Å²) in [5.41, 5.74) is 4.41. The van der Waals surface area contributed by atoms with Gasteiger partial charge in [-0.25, -0.2) is 0 Å². The lowest BCUT2D eigenvalue weighted by Crippen LogP contribution is -2.20. The Morgan fingerprint density at radius 3 is 2.74 bits per heavy atom. The Labute approximate surface area is 134 Å². The van der Waals surface area contributed by atoms with Crippen molar-refractivity contribution < 1.29 is 14.6 Å². The third-order valence-electron chi connectivity index (χ3n) is 4.46. The minimum Gasteiger partial charge on any atom is -0.508 e. The first-order valence-corrected chi connectivity index (χ1v) is 7.64. The Balaban J connectivity index is 1.95. The van der Waals surface area contributed by atoms with Crippen molar-refractivity contribution in [2.45, 2.75) is 19.3 Å². The van der Waals surface area contributed by atoms with E-state index in [9.17, 15) is 9.90 Å². The number of allylic oxidation sites excluding steroid dienone is 4. The first kappa shape index (κ1) is 13.8. The molecule has 1 aliphatic carbocycles. The maximum absolute atomic E-state index is 11.8. The molecular weight excluding hydrogens is 288 g/mol. The van der Waals surface area contributed by atoms with E-state index in [2.05, 4.69) is 19.1 Å². The lowest BCUT2D eigenvalue weighted by molar-refractivity contribution is -0.114. The molecule has 23 heavy (non-hydrogen) atoms. The van der Waals surface area contributed by atoms with Gasteiger partial charge >= 0.3 is 0 Å². The van der Waals surface area contributed by atoms with Crippen LogP contribution in [0.4, 0.5) is 0 Å². The molecule has 0 saturated heterocycles. The molecule has 1 heterocycles. The Morgan fingerprint density at radius 1 is 1.09 bits per heavy atom. The first-order chi connectivity index (χ1) is 11.1. The molecule has 3 heteroatoms. The molecule has 0 saturated carbocycles. The Morgan fingerprint density at radius 2 is 1.91 bits per heavy atom. The smallest absolute Gasteiger partial charge is 0.163 e. The third-order valence-corrected chi connectivity index (χ3v) is 4.46. The summed E-state index contributed by atoms with van der Waals surface area (Å²) in [5.74, 6) is 1.52. The fourth-order valence-electron chi connectivity index (χ4n) is 3.34. The van der Waals surface area contributed by atoms with Crippen molar-refractivity contribution in [3.8, 4) is 11.5 Å². The second-order valence-electron chi connectivity index (χ2n) is 5.97. The molecule has 2 aromatic carbocycles. The van der Waals surface area contributed by atoms with E-state index in [0.29, 0.717) is 11.5 Å². The van der Waals surface area contributed by atoms with Crippen LogP contribution in [0.2, 0.25) is 0 Å². The van der Waals surface area contributed by atoms with E-state index in [1.165, 1.54) is 11.1 Å². The number of phenolic OH excluding ortho intramolecular Hbond substituents is 1. The van der Waals surface area contributed by atoms with Crippen LogP contribution in [0.5, 0.6) is 11.5 Å². The van der Waals surface area contributed by atoms with E-state index in [4.69, 9.17) is 4.74 Å². The van der Waals surface area contributed by atoms with Crippen LogP contribution in [0.3, 0.4) is 0 Å². The van der Waals surface area contributed by atoms with Crippen molar-refractivity contribution in [3.05, 3.63) is 82.6 Å². The number of benzene rings is 2. The summed E-state index contributed by atoms with van der Waals surface area (Å²) in [4.78, 5) is 11.8. The van der Waals surface area contributed by atoms with Crippen LogP contribution in [-0.2, 0) is 4.79 Å². The van der Waals surface area contributed by atoms with Gasteiger partial charge in [-0.2, -0.15) is 0 Å². The number of phenols is 1. The van der Waals surface area contributed by atoms with E-state index in [1.54, 1.807) is 18.2 Å². The maximum Gasteiger partial charge on any atom is 0.163 e. The van der Waals surface area contributed by atoms with Gasteiger partial charge in [0, 0.05) is 23.1 Å². The van der Waals surface area contributed by atoms with E-state index >= 15 is 0 Å². The van der Waals surface area contributed by atoms with Gasteiger partial charge in [-0.1, -0.05) is 36.4 Å². The molecule has 1 unspecified atom stereocenters. The van der Waals surface area contributed by atoms with Crippen LogP contribution >= 0.6 is 0 Å². The zero-order valence-electron chi connectivity index (χ0n) is 12.7. The summed E-state index contributed by atoms with van der Waals surface area (Å²) in [6.45, 7) is 2.09. The second-order valence-corrected chi connectivity index (χ2v) is 5.97. The molecular formula is C20H16O3. The molecule has 0 radical (unpaired) electrons. The second kappa shape index (κ2) is 5.13. The largest absolute Gasteiger partial charge is 0.508 e. The normalized spacial score (nSPS) is 19.2. The van der Waals surface area contributed by atoms with Crippen LogP contribution in [0.1, 0.15) is 29.0 Å². The van der Waals surface area contributed by atoms with Crippen molar-refractivity contribution in [3.63, 3.8) is 0 Å². The number of ketones is 1. The van der Waals surface area contributed by atoms with Gasteiger partial charge in [0.05, 0.1) is 6.42 Å². The zero-order chi connectivity index (χ0) is 16.0. The van der Waals surface area contributed by atoms with Gasteiger partial charge in [-0.3, -0.25) is 4.79 Å². The predicted molar refractivity (Wildman–Crippen MR) is 87.5 cm³/mol. The lowest BCUT2D eigenvalue weighted by Gasteiger charge is -2.32. The first-order valence-electron chi connectivity index (χ1n) is 7.64. The Kier molecular flexibility index (Phi) is 3.08. The number of ether oxygens (including phenoxy) is 1. The molecule has 4 rings (SSSR count). The zero-order valence-corrected chi connectivity index (χ0v) is 12.7. The molecule has 0 spiro atoms. The standard InChI is InChI=1S/C20H16O3/c1-12-4-2-3-5-15(12)20-16-8-6-13(21)10-18(16)23-19-11-14(22)7-9-17(19)20/h2-10,20-21H,11H2,1H3. The number of aryl methyl sites for hydroxylation is 1. The number of hydrogen-bond donors (Lipinski definition) is 1. The predicted octanol–water partition coefficient (Wildman–Crippen LogP) is 4.01. The van der Waals surface area contributed by atoms with E-state index in [0.717, 1.165) is 11.1 Å². The monoisotopic (exact) mass is 304 g/mol. The van der Waals surface area contributed by atoms with Crippen molar-refractivity contribution in [2.24, 2.45) is 0 Å². The molecule has 1 aliphatic heterocycles. The van der Waals surface area contributed by atoms with Crippen molar-refractivity contribution >= 4 is 5.78 Å². The van der Waals surface area contributed by atoms with E-state index < -0.39 is 0 Å². The Hall–Kier alpha value is -2.81. The number of fused-ring (bicyclic) bond motifs is 1. The van der Waals surface area contributed by atoms with Crippen molar-refractivity contribution in [2.75, 3.05) is 0 Å². The fourth-order valence-corrected chi connectivity index (χ4v) is 3.34. The van der Waals surface area contributed by atoms with E-state index in [1.807, 2.05) is 24.3 Å². The number of hydrogen-bond acceptors (Lipinski definition) is 3. The SMILES string of the molecule is Cc1ccccc1C1C2=C(CC(=O)C=C2)Oc2cc(O)ccc21. The molecule has 1 atom stereocenters. The average molecular weight is 304 g/mol. The highest BCUT2D eigenvalue weighted by atomic mass is 16.5. The summed E-state index contributed by atoms with van der Waals surface area (Å²) >= 11 is 0. The summed E-state index contributed by atoms with van der Waals surface area (Å²) in [6.07, 6.45) is 3.76. The average Bonchev–Trinajstić information content (AvgIpc) is 2.53.